The number of carbonyl (C=O) groups is 1. The molecule has 0 bridgehead atoms. The van der Waals surface area contributed by atoms with Gasteiger partial charge in [-0.25, -0.2) is 0 Å². The molecular formula is C21H37ClN2O3. The molecule has 0 aromatic heterocycles. The van der Waals surface area contributed by atoms with Crippen LogP contribution in [0.15, 0.2) is 0 Å². The van der Waals surface area contributed by atoms with Crippen LogP contribution in [-0.2, 0) is 9.53 Å². The van der Waals surface area contributed by atoms with Gasteiger partial charge >= 0.3 is 0 Å². The molecule has 1 amide bonds. The molecule has 5 nitrogen and oxygen atoms in total. The number of aliphatic hydroxyl groups excluding tert-OH is 1. The van der Waals surface area contributed by atoms with E-state index in [2.05, 4.69) is 11.8 Å². The lowest BCUT2D eigenvalue weighted by Crippen LogP contribution is -2.57. The monoisotopic (exact) mass is 400 g/mol. The summed E-state index contributed by atoms with van der Waals surface area (Å²) in [6.07, 6.45) is 9.26. The molecule has 2 saturated carbocycles. The average molecular weight is 401 g/mol. The molecule has 2 aliphatic carbocycles. The summed E-state index contributed by atoms with van der Waals surface area (Å²) in [4.78, 5) is 17.2. The summed E-state index contributed by atoms with van der Waals surface area (Å²) in [6.45, 7) is 5.87. The van der Waals surface area contributed by atoms with E-state index in [1.807, 2.05) is 4.90 Å². The number of alkyl halides is 1. The molecule has 156 valence electrons. The van der Waals surface area contributed by atoms with Gasteiger partial charge in [-0.3, -0.25) is 4.79 Å². The predicted molar refractivity (Wildman–Crippen MR) is 108 cm³/mol. The Kier molecular flexibility index (Phi) is 8.24. The van der Waals surface area contributed by atoms with Crippen molar-refractivity contribution in [2.24, 2.45) is 5.92 Å². The van der Waals surface area contributed by atoms with Gasteiger partial charge in [0.15, 0.2) is 0 Å². The number of hydrogen-bond donors (Lipinski definition) is 1. The van der Waals surface area contributed by atoms with E-state index in [4.69, 9.17) is 16.3 Å². The van der Waals surface area contributed by atoms with Crippen LogP contribution in [0.4, 0.5) is 0 Å². The number of piperidine rings is 1. The zero-order chi connectivity index (χ0) is 19.2. The van der Waals surface area contributed by atoms with Crippen molar-refractivity contribution in [2.75, 3.05) is 32.2 Å². The smallest absolute Gasteiger partial charge is 0.238 e. The van der Waals surface area contributed by atoms with Gasteiger partial charge in [-0.15, -0.1) is 11.6 Å². The molecule has 3 aliphatic rings. The Labute approximate surface area is 169 Å². The minimum Gasteiger partial charge on any atom is -0.391 e. The molecule has 1 heterocycles. The van der Waals surface area contributed by atoms with Crippen molar-refractivity contribution in [3.8, 4) is 0 Å². The summed E-state index contributed by atoms with van der Waals surface area (Å²) in [5, 5.41) is 10.5. The van der Waals surface area contributed by atoms with Gasteiger partial charge in [0.25, 0.3) is 0 Å². The predicted octanol–water partition coefficient (Wildman–Crippen LogP) is 3.03. The highest BCUT2D eigenvalue weighted by molar-refractivity contribution is 6.27. The van der Waals surface area contributed by atoms with Crippen molar-refractivity contribution in [3.05, 3.63) is 0 Å². The largest absolute Gasteiger partial charge is 0.391 e. The first-order chi connectivity index (χ1) is 13.1. The van der Waals surface area contributed by atoms with Crippen molar-refractivity contribution in [1.82, 2.24) is 9.80 Å². The van der Waals surface area contributed by atoms with Gasteiger partial charge in [0.1, 0.15) is 5.88 Å². The molecule has 6 heteroatoms. The lowest BCUT2D eigenvalue weighted by molar-refractivity contribution is -0.139. The van der Waals surface area contributed by atoms with Crippen LogP contribution >= 0.6 is 11.6 Å². The van der Waals surface area contributed by atoms with Crippen LogP contribution in [0.2, 0.25) is 0 Å². The maximum atomic E-state index is 12.6. The molecule has 0 aromatic rings. The maximum Gasteiger partial charge on any atom is 0.238 e. The van der Waals surface area contributed by atoms with Crippen LogP contribution in [-0.4, -0.2) is 77.2 Å². The average Bonchev–Trinajstić information content (AvgIpc) is 3.17. The number of ether oxygens (including phenoxy) is 1. The van der Waals surface area contributed by atoms with Crippen LogP contribution in [0.1, 0.15) is 64.7 Å². The van der Waals surface area contributed by atoms with Crippen LogP contribution in [0.3, 0.4) is 0 Å². The highest BCUT2D eigenvalue weighted by Gasteiger charge is 2.39. The van der Waals surface area contributed by atoms with Gasteiger partial charge in [0.2, 0.25) is 5.91 Å². The summed E-state index contributed by atoms with van der Waals surface area (Å²) < 4.78 is 5.62. The van der Waals surface area contributed by atoms with Gasteiger partial charge in [-0.2, -0.15) is 0 Å². The molecule has 1 saturated heterocycles. The summed E-state index contributed by atoms with van der Waals surface area (Å²) in [5.74, 6) is 0.726. The van der Waals surface area contributed by atoms with Gasteiger partial charge in [0, 0.05) is 38.4 Å². The zero-order valence-corrected chi connectivity index (χ0v) is 17.6. The van der Waals surface area contributed by atoms with Crippen LogP contribution in [0.25, 0.3) is 0 Å². The van der Waals surface area contributed by atoms with Crippen LogP contribution in [0, 0.1) is 5.92 Å². The number of hydrogen-bond acceptors (Lipinski definition) is 4. The Bertz CT molecular complexity index is 470. The highest BCUT2D eigenvalue weighted by atomic mass is 35.5. The fraction of sp³-hybridized carbons (Fsp3) is 0.952. The van der Waals surface area contributed by atoms with Gasteiger partial charge in [0.05, 0.1) is 12.1 Å². The molecule has 27 heavy (non-hydrogen) atoms. The van der Waals surface area contributed by atoms with Gasteiger partial charge < -0.3 is 19.6 Å². The van der Waals surface area contributed by atoms with E-state index in [1.165, 1.54) is 19.3 Å². The summed E-state index contributed by atoms with van der Waals surface area (Å²) in [7, 11) is 0. The fourth-order valence-corrected chi connectivity index (χ4v) is 5.63. The minimum atomic E-state index is -0.391. The third-order valence-electron chi connectivity index (χ3n) is 6.93. The molecule has 3 fully saturated rings. The number of nitrogens with zero attached hydrogens (tertiary/aromatic N) is 2. The van der Waals surface area contributed by atoms with E-state index in [0.29, 0.717) is 12.0 Å². The second-order valence-corrected chi connectivity index (χ2v) is 8.88. The Hall–Kier alpha value is -0.360. The first-order valence-electron chi connectivity index (χ1n) is 11.0. The molecule has 4 atom stereocenters. The molecule has 1 unspecified atom stereocenters. The van der Waals surface area contributed by atoms with E-state index >= 15 is 0 Å². The number of rotatable bonds is 7. The minimum absolute atomic E-state index is 0.00119. The van der Waals surface area contributed by atoms with Gasteiger partial charge in [-0.1, -0.05) is 12.8 Å². The molecule has 1 aliphatic heterocycles. The molecular weight excluding hydrogens is 364 g/mol. The SMILES string of the molecule is CCOC[C@H]1CC[C@@H](N2CCC(N(C(=O)CCl)[C@H]3CCCCC3O)CC2)C1. The quantitative estimate of drug-likeness (QED) is 0.667. The Balaban J connectivity index is 1.54. The standard InChI is InChI=1S/C21H37ClN2O3/c1-2-27-15-16-7-8-18(13-16)23-11-9-17(10-12-23)24(21(26)14-22)19-5-3-4-6-20(19)25/h16-20,25H,2-15H2,1H3/t16-,18+,19-,20?/m0/s1. The Morgan fingerprint density at radius 1 is 1.15 bits per heavy atom. The second kappa shape index (κ2) is 10.4. The lowest BCUT2D eigenvalue weighted by atomic mass is 9.88. The van der Waals surface area contributed by atoms with Crippen LogP contribution in [0.5, 0.6) is 0 Å². The van der Waals surface area contributed by atoms with Gasteiger partial charge in [-0.05, 0) is 57.8 Å². The van der Waals surface area contributed by atoms with Crippen molar-refractivity contribution < 1.29 is 14.6 Å². The second-order valence-electron chi connectivity index (χ2n) is 8.61. The Morgan fingerprint density at radius 3 is 2.56 bits per heavy atom. The summed E-state index contributed by atoms with van der Waals surface area (Å²) in [6, 6.07) is 0.864. The summed E-state index contributed by atoms with van der Waals surface area (Å²) in [5.41, 5.74) is 0. The van der Waals surface area contributed by atoms with E-state index in [-0.39, 0.29) is 23.9 Å². The van der Waals surface area contributed by atoms with Crippen molar-refractivity contribution in [3.63, 3.8) is 0 Å². The fourth-order valence-electron chi connectivity index (χ4n) is 5.49. The van der Waals surface area contributed by atoms with Crippen molar-refractivity contribution >= 4 is 17.5 Å². The third-order valence-corrected chi connectivity index (χ3v) is 7.16. The Morgan fingerprint density at radius 2 is 1.89 bits per heavy atom. The first kappa shape index (κ1) is 21.4. The molecule has 0 aromatic carbocycles. The number of aliphatic hydroxyl groups is 1. The molecule has 1 N–H and O–H groups in total. The third kappa shape index (κ3) is 5.37. The number of likely N-dealkylation sites (tertiary alicyclic amines) is 1. The normalized spacial score (nSPS) is 33.3. The number of amides is 1. The van der Waals surface area contributed by atoms with E-state index in [0.717, 1.165) is 64.8 Å². The summed E-state index contributed by atoms with van der Waals surface area (Å²) >= 11 is 5.93. The number of halogens is 1. The number of carbonyl (C=O) groups excluding carboxylic acids is 1. The van der Waals surface area contributed by atoms with E-state index in [9.17, 15) is 9.90 Å². The molecule has 0 radical (unpaired) electrons. The van der Waals surface area contributed by atoms with E-state index in [1.54, 1.807) is 0 Å². The highest BCUT2D eigenvalue weighted by Crippen LogP contribution is 2.33. The first-order valence-corrected chi connectivity index (χ1v) is 11.5. The van der Waals surface area contributed by atoms with Crippen molar-refractivity contribution in [2.45, 2.75) is 88.9 Å². The molecule has 3 rings (SSSR count). The molecule has 0 spiro atoms. The van der Waals surface area contributed by atoms with Crippen molar-refractivity contribution in [1.29, 1.82) is 0 Å². The topological polar surface area (TPSA) is 53.0 Å². The maximum absolute atomic E-state index is 12.6. The van der Waals surface area contributed by atoms with E-state index < -0.39 is 6.10 Å². The lowest BCUT2D eigenvalue weighted by Gasteiger charge is -2.46. The van der Waals surface area contributed by atoms with Crippen LogP contribution < -0.4 is 0 Å². The zero-order valence-electron chi connectivity index (χ0n) is 16.8.